The third kappa shape index (κ3) is 4.92. The van der Waals surface area contributed by atoms with E-state index in [1.54, 1.807) is 6.07 Å². The molecule has 1 aliphatic heterocycles. The number of halogens is 1. The number of sulfone groups is 1. The molecule has 0 saturated carbocycles. The zero-order valence-corrected chi connectivity index (χ0v) is 15.7. The van der Waals surface area contributed by atoms with Crippen molar-refractivity contribution in [2.45, 2.75) is 36.9 Å². The highest BCUT2D eigenvalue weighted by Gasteiger charge is 2.30. The SMILES string of the molecule is CC(C(=O)NCC1CCCO1)S(=O)(=O)Cc1coc(-c2cccc(F)c2)n1. The van der Waals surface area contributed by atoms with Crippen LogP contribution in [-0.2, 0) is 25.1 Å². The van der Waals surface area contributed by atoms with Crippen LogP contribution >= 0.6 is 0 Å². The van der Waals surface area contributed by atoms with Gasteiger partial charge in [-0.3, -0.25) is 4.79 Å². The number of aromatic nitrogens is 1. The highest BCUT2D eigenvalue weighted by atomic mass is 32.2. The molecule has 0 bridgehead atoms. The van der Waals surface area contributed by atoms with Crippen LogP contribution in [-0.4, -0.2) is 43.8 Å². The maximum absolute atomic E-state index is 13.3. The minimum Gasteiger partial charge on any atom is -0.444 e. The molecular weight excluding hydrogens is 375 g/mol. The zero-order chi connectivity index (χ0) is 19.4. The quantitative estimate of drug-likeness (QED) is 0.769. The lowest BCUT2D eigenvalue weighted by Crippen LogP contribution is -2.41. The third-order valence-electron chi connectivity index (χ3n) is 4.41. The number of hydrogen-bond donors (Lipinski definition) is 1. The van der Waals surface area contributed by atoms with Crippen LogP contribution in [0.1, 0.15) is 25.5 Å². The van der Waals surface area contributed by atoms with Gasteiger partial charge in [-0.05, 0) is 38.0 Å². The molecule has 27 heavy (non-hydrogen) atoms. The van der Waals surface area contributed by atoms with Gasteiger partial charge >= 0.3 is 0 Å². The number of carbonyl (C=O) groups excluding carboxylic acids is 1. The molecule has 1 amide bonds. The number of rotatable bonds is 7. The predicted molar refractivity (Wildman–Crippen MR) is 96.0 cm³/mol. The van der Waals surface area contributed by atoms with E-state index in [0.717, 1.165) is 12.8 Å². The first-order chi connectivity index (χ1) is 12.8. The molecule has 0 spiro atoms. The Bertz CT molecular complexity index is 906. The molecule has 7 nitrogen and oxygen atoms in total. The summed E-state index contributed by atoms with van der Waals surface area (Å²) in [6.45, 7) is 2.30. The van der Waals surface area contributed by atoms with Crippen LogP contribution in [0.3, 0.4) is 0 Å². The number of benzene rings is 1. The Kier molecular flexibility index (Phi) is 5.91. The van der Waals surface area contributed by atoms with Crippen LogP contribution < -0.4 is 5.32 Å². The molecule has 0 aliphatic carbocycles. The molecule has 1 aromatic carbocycles. The van der Waals surface area contributed by atoms with Gasteiger partial charge in [0.15, 0.2) is 9.84 Å². The summed E-state index contributed by atoms with van der Waals surface area (Å²) in [6, 6.07) is 5.64. The van der Waals surface area contributed by atoms with Gasteiger partial charge in [-0.2, -0.15) is 0 Å². The molecule has 1 fully saturated rings. The topological polar surface area (TPSA) is 98.5 Å². The van der Waals surface area contributed by atoms with Crippen molar-refractivity contribution in [2.75, 3.05) is 13.2 Å². The van der Waals surface area contributed by atoms with Crippen molar-refractivity contribution in [1.82, 2.24) is 10.3 Å². The second kappa shape index (κ2) is 8.18. The molecule has 1 aromatic heterocycles. The number of nitrogens with one attached hydrogen (secondary N) is 1. The van der Waals surface area contributed by atoms with Crippen molar-refractivity contribution >= 4 is 15.7 Å². The maximum Gasteiger partial charge on any atom is 0.238 e. The largest absolute Gasteiger partial charge is 0.444 e. The first-order valence-corrected chi connectivity index (χ1v) is 10.4. The Hall–Kier alpha value is -2.26. The molecule has 3 rings (SSSR count). The number of amides is 1. The number of oxazole rings is 1. The highest BCUT2D eigenvalue weighted by molar-refractivity contribution is 7.92. The molecule has 1 saturated heterocycles. The van der Waals surface area contributed by atoms with E-state index in [0.29, 0.717) is 18.7 Å². The summed E-state index contributed by atoms with van der Waals surface area (Å²) in [6.07, 6.45) is 2.93. The van der Waals surface area contributed by atoms with Crippen molar-refractivity contribution in [2.24, 2.45) is 0 Å². The van der Waals surface area contributed by atoms with Gasteiger partial charge in [0.25, 0.3) is 0 Å². The van der Waals surface area contributed by atoms with Crippen molar-refractivity contribution in [3.05, 3.63) is 42.0 Å². The van der Waals surface area contributed by atoms with Crippen LogP contribution in [0.25, 0.3) is 11.5 Å². The minimum atomic E-state index is -3.78. The van der Waals surface area contributed by atoms with E-state index in [2.05, 4.69) is 10.3 Å². The second-order valence-corrected chi connectivity index (χ2v) is 8.81. The minimum absolute atomic E-state index is 0.0618. The Morgan fingerprint density at radius 3 is 2.96 bits per heavy atom. The number of nitrogens with zero attached hydrogens (tertiary/aromatic N) is 1. The summed E-state index contributed by atoms with van der Waals surface area (Å²) in [5, 5.41) is 1.40. The first-order valence-electron chi connectivity index (χ1n) is 8.66. The normalized spacial score (nSPS) is 18.4. The van der Waals surface area contributed by atoms with Gasteiger partial charge in [0, 0.05) is 18.7 Å². The first kappa shape index (κ1) is 19.5. The van der Waals surface area contributed by atoms with Gasteiger partial charge in [0.2, 0.25) is 11.8 Å². The van der Waals surface area contributed by atoms with E-state index < -0.39 is 32.6 Å². The standard InChI is InChI=1S/C18H21FN2O5S/c1-12(17(22)20-9-16-6-3-7-25-16)27(23,24)11-15-10-26-18(21-15)13-4-2-5-14(19)8-13/h2,4-5,8,10,12,16H,3,6-7,9,11H2,1H3,(H,20,22). The van der Waals surface area contributed by atoms with E-state index in [1.165, 1.54) is 31.4 Å². The fourth-order valence-corrected chi connectivity index (χ4v) is 3.99. The van der Waals surface area contributed by atoms with Crippen LogP contribution in [0.4, 0.5) is 4.39 Å². The lowest BCUT2D eigenvalue weighted by Gasteiger charge is -2.15. The zero-order valence-electron chi connectivity index (χ0n) is 14.9. The monoisotopic (exact) mass is 396 g/mol. The predicted octanol–water partition coefficient (Wildman–Crippen LogP) is 2.08. The molecule has 2 atom stereocenters. The molecular formula is C18H21FN2O5S. The number of hydrogen-bond acceptors (Lipinski definition) is 6. The summed E-state index contributed by atoms with van der Waals surface area (Å²) in [5.41, 5.74) is 0.564. The molecule has 2 aromatic rings. The summed E-state index contributed by atoms with van der Waals surface area (Å²) >= 11 is 0. The van der Waals surface area contributed by atoms with E-state index >= 15 is 0 Å². The Morgan fingerprint density at radius 2 is 2.26 bits per heavy atom. The average Bonchev–Trinajstić information content (AvgIpc) is 3.30. The molecule has 2 unspecified atom stereocenters. The smallest absolute Gasteiger partial charge is 0.238 e. The van der Waals surface area contributed by atoms with Crippen molar-refractivity contribution in [3.63, 3.8) is 0 Å². The lowest BCUT2D eigenvalue weighted by atomic mass is 10.2. The van der Waals surface area contributed by atoms with E-state index in [9.17, 15) is 17.6 Å². The van der Waals surface area contributed by atoms with Gasteiger partial charge in [-0.15, -0.1) is 0 Å². The summed E-state index contributed by atoms with van der Waals surface area (Å²) in [5.74, 6) is -1.34. The Labute approximate surface area is 156 Å². The van der Waals surface area contributed by atoms with Gasteiger partial charge < -0.3 is 14.5 Å². The molecule has 1 aliphatic rings. The number of ether oxygens (including phenoxy) is 1. The summed E-state index contributed by atoms with van der Waals surface area (Å²) in [7, 11) is -3.78. The fourth-order valence-electron chi connectivity index (χ4n) is 2.79. The highest BCUT2D eigenvalue weighted by Crippen LogP contribution is 2.21. The van der Waals surface area contributed by atoms with Crippen LogP contribution in [0, 0.1) is 5.82 Å². The summed E-state index contributed by atoms with van der Waals surface area (Å²) < 4.78 is 49.0. The second-order valence-electron chi connectivity index (χ2n) is 6.48. The molecule has 2 heterocycles. The van der Waals surface area contributed by atoms with E-state index in [-0.39, 0.29) is 17.7 Å². The van der Waals surface area contributed by atoms with E-state index in [1.807, 2.05) is 0 Å². The van der Waals surface area contributed by atoms with Crippen LogP contribution in [0.15, 0.2) is 34.9 Å². The van der Waals surface area contributed by atoms with Crippen LogP contribution in [0.2, 0.25) is 0 Å². The van der Waals surface area contributed by atoms with E-state index in [4.69, 9.17) is 9.15 Å². The fraction of sp³-hybridized carbons (Fsp3) is 0.444. The van der Waals surface area contributed by atoms with Crippen molar-refractivity contribution < 1.29 is 26.8 Å². The lowest BCUT2D eigenvalue weighted by molar-refractivity contribution is -0.120. The van der Waals surface area contributed by atoms with Crippen LogP contribution in [0.5, 0.6) is 0 Å². The average molecular weight is 396 g/mol. The van der Waals surface area contributed by atoms with Crippen molar-refractivity contribution in [1.29, 1.82) is 0 Å². The molecule has 146 valence electrons. The van der Waals surface area contributed by atoms with Gasteiger partial charge in [0.1, 0.15) is 17.3 Å². The van der Waals surface area contributed by atoms with Crippen molar-refractivity contribution in [3.8, 4) is 11.5 Å². The molecule has 1 N–H and O–H groups in total. The Morgan fingerprint density at radius 1 is 1.44 bits per heavy atom. The third-order valence-corrected chi connectivity index (χ3v) is 6.40. The maximum atomic E-state index is 13.3. The molecule has 0 radical (unpaired) electrons. The van der Waals surface area contributed by atoms with Gasteiger partial charge in [-0.25, -0.2) is 17.8 Å². The summed E-state index contributed by atoms with van der Waals surface area (Å²) in [4.78, 5) is 16.3. The van der Waals surface area contributed by atoms with Gasteiger partial charge in [0.05, 0.1) is 17.6 Å². The number of carbonyl (C=O) groups is 1. The van der Waals surface area contributed by atoms with Gasteiger partial charge in [-0.1, -0.05) is 6.07 Å². The Balaban J connectivity index is 1.62. The molecule has 9 heteroatoms.